The zero-order chi connectivity index (χ0) is 23.7. The van der Waals surface area contributed by atoms with Crippen LogP contribution >= 0.6 is 23.2 Å². The normalized spacial score (nSPS) is 16.1. The lowest BCUT2D eigenvalue weighted by molar-refractivity contribution is -0.120. The molecule has 3 rings (SSSR count). The zero-order valence-corrected chi connectivity index (χ0v) is 20.9. The quantitative estimate of drug-likeness (QED) is 0.603. The third kappa shape index (κ3) is 5.39. The van der Waals surface area contributed by atoms with E-state index < -0.39 is 10.0 Å². The van der Waals surface area contributed by atoms with Crippen LogP contribution in [0.25, 0.3) is 0 Å². The number of amides is 1. The Labute approximate surface area is 199 Å². The number of methoxy groups -OCH3 is 1. The molecule has 2 aromatic rings. The van der Waals surface area contributed by atoms with Crippen LogP contribution in [0.3, 0.4) is 0 Å². The molecular formula is C23H28Cl2N2O4S. The molecule has 0 aromatic heterocycles. The molecule has 1 aliphatic rings. The van der Waals surface area contributed by atoms with E-state index in [0.717, 1.165) is 5.56 Å². The number of anilines is 1. The number of hydrogen-bond donors (Lipinski definition) is 1. The van der Waals surface area contributed by atoms with Gasteiger partial charge in [-0.3, -0.25) is 4.79 Å². The van der Waals surface area contributed by atoms with Gasteiger partial charge in [0, 0.05) is 24.0 Å². The van der Waals surface area contributed by atoms with Gasteiger partial charge in [0.25, 0.3) is 0 Å². The Morgan fingerprint density at radius 1 is 1.09 bits per heavy atom. The van der Waals surface area contributed by atoms with E-state index in [1.165, 1.54) is 16.4 Å². The van der Waals surface area contributed by atoms with Crippen LogP contribution in [0.1, 0.15) is 39.2 Å². The van der Waals surface area contributed by atoms with Crippen molar-refractivity contribution in [2.75, 3.05) is 25.5 Å². The molecule has 1 amide bonds. The van der Waals surface area contributed by atoms with Gasteiger partial charge in [-0.15, -0.1) is 0 Å². The van der Waals surface area contributed by atoms with Gasteiger partial charge in [0.15, 0.2) is 0 Å². The Morgan fingerprint density at radius 2 is 1.75 bits per heavy atom. The third-order valence-corrected chi connectivity index (χ3v) is 8.27. The molecule has 0 unspecified atom stereocenters. The van der Waals surface area contributed by atoms with Crippen molar-refractivity contribution < 1.29 is 17.9 Å². The van der Waals surface area contributed by atoms with Crippen LogP contribution in [0.4, 0.5) is 5.69 Å². The van der Waals surface area contributed by atoms with Crippen LogP contribution in [0.2, 0.25) is 10.0 Å². The Balaban J connectivity index is 1.71. The molecular weight excluding hydrogens is 471 g/mol. The van der Waals surface area contributed by atoms with Crippen molar-refractivity contribution in [2.24, 2.45) is 5.92 Å². The smallest absolute Gasteiger partial charge is 0.244 e. The van der Waals surface area contributed by atoms with Crippen LogP contribution in [-0.2, 0) is 20.2 Å². The monoisotopic (exact) mass is 498 g/mol. The van der Waals surface area contributed by atoms with Gasteiger partial charge in [0.05, 0.1) is 17.8 Å². The number of halogens is 2. The molecule has 0 aliphatic carbocycles. The first-order valence-electron chi connectivity index (χ1n) is 10.4. The average Bonchev–Trinajstić information content (AvgIpc) is 2.74. The molecule has 174 valence electrons. The number of nitrogens with one attached hydrogen (secondary N) is 1. The zero-order valence-electron chi connectivity index (χ0n) is 18.6. The van der Waals surface area contributed by atoms with E-state index in [-0.39, 0.29) is 40.2 Å². The van der Waals surface area contributed by atoms with Gasteiger partial charge in [-0.05, 0) is 54.2 Å². The van der Waals surface area contributed by atoms with E-state index in [1.54, 1.807) is 13.2 Å². The molecule has 0 spiro atoms. The van der Waals surface area contributed by atoms with E-state index in [9.17, 15) is 13.2 Å². The number of sulfonamides is 1. The molecule has 32 heavy (non-hydrogen) atoms. The summed E-state index contributed by atoms with van der Waals surface area (Å²) in [5.41, 5.74) is 1.62. The number of nitrogens with zero attached hydrogens (tertiary/aromatic N) is 1. The van der Waals surface area contributed by atoms with Crippen molar-refractivity contribution in [1.82, 2.24) is 4.31 Å². The lowest BCUT2D eigenvalue weighted by atomic mass is 9.86. The number of carbonyl (C=O) groups is 1. The summed E-state index contributed by atoms with van der Waals surface area (Å²) in [5, 5.41) is 3.40. The van der Waals surface area contributed by atoms with Crippen molar-refractivity contribution in [3.63, 3.8) is 0 Å². The maximum Gasteiger partial charge on any atom is 0.244 e. The first kappa shape index (κ1) is 24.8. The molecule has 1 N–H and O–H groups in total. The van der Waals surface area contributed by atoms with Gasteiger partial charge in [-0.25, -0.2) is 8.42 Å². The topological polar surface area (TPSA) is 75.7 Å². The minimum absolute atomic E-state index is 0.0155. The predicted molar refractivity (Wildman–Crippen MR) is 128 cm³/mol. The molecule has 1 saturated heterocycles. The lowest BCUT2D eigenvalue weighted by Gasteiger charge is -2.31. The summed E-state index contributed by atoms with van der Waals surface area (Å²) in [7, 11) is -2.23. The molecule has 0 bridgehead atoms. The second kappa shape index (κ2) is 9.59. The Bertz CT molecular complexity index is 1110. The highest BCUT2D eigenvalue weighted by atomic mass is 35.5. The van der Waals surface area contributed by atoms with Gasteiger partial charge in [-0.1, -0.05) is 50.0 Å². The molecule has 0 atom stereocenters. The van der Waals surface area contributed by atoms with Crippen LogP contribution in [0, 0.1) is 5.92 Å². The Hall–Kier alpha value is -1.80. The van der Waals surface area contributed by atoms with E-state index in [4.69, 9.17) is 27.9 Å². The summed E-state index contributed by atoms with van der Waals surface area (Å²) < 4.78 is 32.8. The van der Waals surface area contributed by atoms with Crippen molar-refractivity contribution in [3.05, 3.63) is 52.0 Å². The fourth-order valence-electron chi connectivity index (χ4n) is 3.68. The Morgan fingerprint density at radius 3 is 2.34 bits per heavy atom. The van der Waals surface area contributed by atoms with Gasteiger partial charge >= 0.3 is 0 Å². The van der Waals surface area contributed by atoms with E-state index in [2.05, 4.69) is 26.1 Å². The van der Waals surface area contributed by atoms with Crippen molar-refractivity contribution in [3.8, 4) is 5.75 Å². The summed E-state index contributed by atoms with van der Waals surface area (Å²) in [6.07, 6.45) is 0.815. The summed E-state index contributed by atoms with van der Waals surface area (Å²) in [6, 6.07) is 10.1. The number of hydrogen-bond acceptors (Lipinski definition) is 4. The fourth-order valence-corrected chi connectivity index (χ4v) is 5.89. The predicted octanol–water partition coefficient (Wildman–Crippen LogP) is 5.34. The van der Waals surface area contributed by atoms with E-state index in [0.29, 0.717) is 29.3 Å². The van der Waals surface area contributed by atoms with Crippen molar-refractivity contribution in [2.45, 2.75) is 43.9 Å². The minimum Gasteiger partial charge on any atom is -0.495 e. The molecule has 1 aliphatic heterocycles. The maximum atomic E-state index is 13.0. The fraction of sp³-hybridized carbons (Fsp3) is 0.435. The first-order valence-corrected chi connectivity index (χ1v) is 12.6. The standard InChI is InChI=1S/C23H28Cl2N2O4S/c1-23(2,3)16-5-8-20(31-4)19(13-16)26-22(28)15-9-11-27(12-10-15)32(29,30)21-14-17(24)6-7-18(21)25/h5-8,13-15H,9-12H2,1-4H3,(H,26,28). The number of rotatable bonds is 5. The first-order chi connectivity index (χ1) is 14.9. The third-order valence-electron chi connectivity index (χ3n) is 5.66. The molecule has 1 heterocycles. The highest BCUT2D eigenvalue weighted by Gasteiger charge is 2.33. The SMILES string of the molecule is COc1ccc(C(C)(C)C)cc1NC(=O)C1CCN(S(=O)(=O)c2cc(Cl)ccc2Cl)CC1. The van der Waals surface area contributed by atoms with Gasteiger partial charge in [0.1, 0.15) is 10.6 Å². The largest absolute Gasteiger partial charge is 0.495 e. The van der Waals surface area contributed by atoms with Gasteiger partial charge < -0.3 is 10.1 Å². The van der Waals surface area contributed by atoms with Crippen LogP contribution < -0.4 is 10.1 Å². The number of ether oxygens (including phenoxy) is 1. The molecule has 2 aromatic carbocycles. The van der Waals surface area contributed by atoms with E-state index >= 15 is 0 Å². The average molecular weight is 499 g/mol. The van der Waals surface area contributed by atoms with Crippen molar-refractivity contribution >= 4 is 44.8 Å². The Kier molecular flexibility index (Phi) is 7.44. The molecule has 9 heteroatoms. The van der Waals surface area contributed by atoms with Crippen molar-refractivity contribution in [1.29, 1.82) is 0 Å². The van der Waals surface area contributed by atoms with Crippen LogP contribution in [0.5, 0.6) is 5.75 Å². The summed E-state index contributed by atoms with van der Waals surface area (Å²) in [6.45, 7) is 6.75. The van der Waals surface area contributed by atoms with E-state index in [1.807, 2.05) is 18.2 Å². The van der Waals surface area contributed by atoms with Crippen LogP contribution in [-0.4, -0.2) is 38.8 Å². The highest BCUT2D eigenvalue weighted by Crippen LogP contribution is 2.33. The number of piperidine rings is 1. The molecule has 1 fully saturated rings. The number of benzene rings is 2. The second-order valence-electron chi connectivity index (χ2n) is 8.91. The summed E-state index contributed by atoms with van der Waals surface area (Å²) in [5.74, 6) is 0.133. The maximum absolute atomic E-state index is 13.0. The second-order valence-corrected chi connectivity index (χ2v) is 11.7. The molecule has 0 saturated carbocycles. The molecule has 0 radical (unpaired) electrons. The molecule has 6 nitrogen and oxygen atoms in total. The highest BCUT2D eigenvalue weighted by molar-refractivity contribution is 7.89. The van der Waals surface area contributed by atoms with Gasteiger partial charge in [0.2, 0.25) is 15.9 Å². The van der Waals surface area contributed by atoms with Crippen LogP contribution in [0.15, 0.2) is 41.3 Å². The lowest BCUT2D eigenvalue weighted by Crippen LogP contribution is -2.41. The summed E-state index contributed by atoms with van der Waals surface area (Å²) >= 11 is 12.1. The minimum atomic E-state index is -3.79. The van der Waals surface area contributed by atoms with Gasteiger partial charge in [-0.2, -0.15) is 4.31 Å². The summed E-state index contributed by atoms with van der Waals surface area (Å²) in [4.78, 5) is 12.9. The number of carbonyl (C=O) groups excluding carboxylic acids is 1.